The smallest absolute Gasteiger partial charge is 0.121 e. The van der Waals surface area contributed by atoms with Gasteiger partial charge in [-0.05, 0) is 50.0 Å². The summed E-state index contributed by atoms with van der Waals surface area (Å²) in [4.78, 5) is 0. The van der Waals surface area contributed by atoms with E-state index in [0.29, 0.717) is 16.9 Å². The minimum atomic E-state index is 0.288. The SMILES string of the molecule is C/C=C/C/C=C/[C@@H]1O[C@@H]2C[C@H]3CC[C@]2(CS1)C3(C)C. The highest BCUT2D eigenvalue weighted by Crippen LogP contribution is 2.69. The standard InChI is InChI=1S/C17H26OS/c1-4-5-6-7-8-15-18-14-11-13-9-10-17(14,12-19-15)16(13,2)3/h4-5,7-8,13-15H,6,9-12H2,1-3H3/b5-4+,8-7+/t13-,14-,15-,17-/m1/s1. The van der Waals surface area contributed by atoms with Crippen LogP contribution in [0.3, 0.4) is 0 Å². The third kappa shape index (κ3) is 2.03. The average molecular weight is 278 g/mol. The van der Waals surface area contributed by atoms with Crippen molar-refractivity contribution in [1.82, 2.24) is 0 Å². The molecule has 4 atom stereocenters. The first kappa shape index (κ1) is 13.8. The van der Waals surface area contributed by atoms with Crippen molar-refractivity contribution in [3.63, 3.8) is 0 Å². The first-order chi connectivity index (χ1) is 9.10. The van der Waals surface area contributed by atoms with Crippen molar-refractivity contribution in [3.05, 3.63) is 24.3 Å². The molecule has 3 rings (SSSR count). The van der Waals surface area contributed by atoms with Crippen LogP contribution in [-0.4, -0.2) is 17.3 Å². The van der Waals surface area contributed by atoms with E-state index >= 15 is 0 Å². The minimum Gasteiger partial charge on any atom is -0.360 e. The van der Waals surface area contributed by atoms with Crippen molar-refractivity contribution >= 4 is 11.8 Å². The molecule has 0 aromatic carbocycles. The Bertz CT molecular complexity index is 398. The zero-order chi connectivity index (χ0) is 13.5. The summed E-state index contributed by atoms with van der Waals surface area (Å²) in [7, 11) is 0. The van der Waals surface area contributed by atoms with E-state index in [1.165, 1.54) is 25.0 Å². The molecule has 19 heavy (non-hydrogen) atoms. The molecule has 0 N–H and O–H groups in total. The molecule has 1 spiro atoms. The van der Waals surface area contributed by atoms with Gasteiger partial charge in [0, 0.05) is 11.2 Å². The van der Waals surface area contributed by atoms with Crippen LogP contribution < -0.4 is 0 Å². The summed E-state index contributed by atoms with van der Waals surface area (Å²) >= 11 is 2.02. The van der Waals surface area contributed by atoms with Crippen molar-refractivity contribution in [2.75, 3.05) is 5.75 Å². The Hall–Kier alpha value is -0.210. The van der Waals surface area contributed by atoms with Crippen LogP contribution >= 0.6 is 11.8 Å². The summed E-state index contributed by atoms with van der Waals surface area (Å²) in [5.74, 6) is 2.18. The molecule has 3 aliphatic rings. The van der Waals surface area contributed by atoms with E-state index < -0.39 is 0 Å². The van der Waals surface area contributed by atoms with Gasteiger partial charge in [0.05, 0.1) is 6.10 Å². The summed E-state index contributed by atoms with van der Waals surface area (Å²) in [5, 5.41) is 0. The molecule has 0 aromatic heterocycles. The van der Waals surface area contributed by atoms with Gasteiger partial charge in [0.25, 0.3) is 0 Å². The van der Waals surface area contributed by atoms with Crippen LogP contribution in [0.1, 0.15) is 46.5 Å². The molecular weight excluding hydrogens is 252 g/mol. The van der Waals surface area contributed by atoms with Gasteiger partial charge < -0.3 is 4.74 Å². The summed E-state index contributed by atoms with van der Waals surface area (Å²) < 4.78 is 6.40. The van der Waals surface area contributed by atoms with Crippen molar-refractivity contribution in [1.29, 1.82) is 0 Å². The number of ether oxygens (including phenoxy) is 1. The van der Waals surface area contributed by atoms with E-state index in [9.17, 15) is 0 Å². The zero-order valence-electron chi connectivity index (χ0n) is 12.4. The lowest BCUT2D eigenvalue weighted by molar-refractivity contribution is -0.0532. The molecule has 0 amide bonds. The maximum absolute atomic E-state index is 6.40. The van der Waals surface area contributed by atoms with E-state index in [0.717, 1.165) is 12.3 Å². The van der Waals surface area contributed by atoms with Crippen LogP contribution in [0.5, 0.6) is 0 Å². The van der Waals surface area contributed by atoms with Gasteiger partial charge in [-0.15, -0.1) is 11.8 Å². The van der Waals surface area contributed by atoms with Crippen molar-refractivity contribution in [2.24, 2.45) is 16.7 Å². The highest BCUT2D eigenvalue weighted by molar-refractivity contribution is 8.00. The largest absolute Gasteiger partial charge is 0.360 e. The van der Waals surface area contributed by atoms with Gasteiger partial charge in [-0.2, -0.15) is 0 Å². The first-order valence-corrected chi connectivity index (χ1v) is 8.70. The lowest BCUT2D eigenvalue weighted by Gasteiger charge is -2.46. The monoisotopic (exact) mass is 278 g/mol. The number of hydrogen-bond donors (Lipinski definition) is 0. The summed E-state index contributed by atoms with van der Waals surface area (Å²) in [5.41, 5.74) is 1.25. The zero-order valence-corrected chi connectivity index (χ0v) is 13.2. The van der Waals surface area contributed by atoms with E-state index in [2.05, 4.69) is 45.1 Å². The Morgan fingerprint density at radius 3 is 2.89 bits per heavy atom. The van der Waals surface area contributed by atoms with Gasteiger partial charge in [-0.25, -0.2) is 0 Å². The van der Waals surface area contributed by atoms with Crippen LogP contribution in [-0.2, 0) is 4.74 Å². The van der Waals surface area contributed by atoms with Gasteiger partial charge in [0.15, 0.2) is 0 Å². The molecule has 2 bridgehead atoms. The Morgan fingerprint density at radius 2 is 2.16 bits per heavy atom. The van der Waals surface area contributed by atoms with Crippen LogP contribution in [0.2, 0.25) is 0 Å². The lowest BCUT2D eigenvalue weighted by atomic mass is 9.69. The normalized spacial score (nSPS) is 44.3. The van der Waals surface area contributed by atoms with E-state index in [1.54, 1.807) is 0 Å². The second-order valence-corrected chi connectivity index (χ2v) is 7.97. The molecule has 2 aliphatic carbocycles. The molecule has 0 radical (unpaired) electrons. The second kappa shape index (κ2) is 4.96. The molecular formula is C17H26OS. The predicted octanol–water partition coefficient (Wildman–Crippen LogP) is 4.79. The highest BCUT2D eigenvalue weighted by Gasteiger charge is 2.65. The number of fused-ring (bicyclic) bond motifs is 1. The Balaban J connectivity index is 1.66. The summed E-state index contributed by atoms with van der Waals surface area (Å²) in [6.45, 7) is 7.04. The quantitative estimate of drug-likeness (QED) is 0.686. The van der Waals surface area contributed by atoms with E-state index in [4.69, 9.17) is 4.74 Å². The highest BCUT2D eigenvalue weighted by atomic mass is 32.2. The van der Waals surface area contributed by atoms with E-state index in [-0.39, 0.29) is 5.44 Å². The average Bonchev–Trinajstić information content (AvgIpc) is 2.77. The fraction of sp³-hybridized carbons (Fsp3) is 0.765. The lowest BCUT2D eigenvalue weighted by Crippen LogP contribution is -2.46. The molecule has 1 heterocycles. The van der Waals surface area contributed by atoms with Crippen LogP contribution in [0.4, 0.5) is 0 Å². The topological polar surface area (TPSA) is 9.23 Å². The van der Waals surface area contributed by atoms with Gasteiger partial charge in [0.1, 0.15) is 5.44 Å². The number of allylic oxidation sites excluding steroid dienone is 3. The van der Waals surface area contributed by atoms with Crippen LogP contribution in [0.25, 0.3) is 0 Å². The fourth-order valence-electron chi connectivity index (χ4n) is 4.47. The summed E-state index contributed by atoms with van der Waals surface area (Å²) in [6, 6.07) is 0. The number of thioether (sulfide) groups is 1. The van der Waals surface area contributed by atoms with Gasteiger partial charge in [-0.1, -0.05) is 32.1 Å². The third-order valence-corrected chi connectivity index (χ3v) is 7.24. The van der Waals surface area contributed by atoms with Crippen LogP contribution in [0.15, 0.2) is 24.3 Å². The minimum absolute atomic E-state index is 0.288. The Kier molecular flexibility index (Phi) is 3.59. The number of rotatable bonds is 3. The molecule has 106 valence electrons. The second-order valence-electron chi connectivity index (χ2n) is 6.89. The molecule has 0 unspecified atom stereocenters. The van der Waals surface area contributed by atoms with Crippen molar-refractivity contribution < 1.29 is 4.74 Å². The molecule has 3 fully saturated rings. The fourth-order valence-corrected chi connectivity index (χ4v) is 6.07. The van der Waals surface area contributed by atoms with Crippen molar-refractivity contribution in [2.45, 2.75) is 58.0 Å². The molecule has 1 saturated heterocycles. The first-order valence-electron chi connectivity index (χ1n) is 7.65. The van der Waals surface area contributed by atoms with Crippen molar-refractivity contribution in [3.8, 4) is 0 Å². The maximum Gasteiger partial charge on any atom is 0.121 e. The Morgan fingerprint density at radius 1 is 1.32 bits per heavy atom. The molecule has 2 saturated carbocycles. The molecule has 2 heteroatoms. The van der Waals surface area contributed by atoms with Gasteiger partial charge in [-0.3, -0.25) is 0 Å². The molecule has 1 aliphatic heterocycles. The van der Waals surface area contributed by atoms with Gasteiger partial charge in [0.2, 0.25) is 0 Å². The van der Waals surface area contributed by atoms with E-state index in [1.807, 2.05) is 11.8 Å². The molecule has 0 aromatic rings. The molecule has 1 nitrogen and oxygen atoms in total. The maximum atomic E-state index is 6.40. The van der Waals surface area contributed by atoms with Crippen LogP contribution in [0, 0.1) is 16.7 Å². The number of hydrogen-bond acceptors (Lipinski definition) is 2. The summed E-state index contributed by atoms with van der Waals surface area (Å²) in [6.07, 6.45) is 14.4. The van der Waals surface area contributed by atoms with Gasteiger partial charge >= 0.3 is 0 Å². The third-order valence-electron chi connectivity index (χ3n) is 5.96. The Labute approximate surface area is 121 Å². The predicted molar refractivity (Wildman–Crippen MR) is 83.2 cm³/mol.